The van der Waals surface area contributed by atoms with Gasteiger partial charge in [-0.3, -0.25) is 0 Å². The van der Waals surface area contributed by atoms with Crippen LogP contribution in [0.5, 0.6) is 0 Å². The van der Waals surface area contributed by atoms with Gasteiger partial charge in [-0.25, -0.2) is 14.3 Å². The molecule has 0 radical (unpaired) electrons. The molecule has 0 fully saturated rings. The molecule has 1 heterocycles. The minimum Gasteiger partial charge on any atom is -0.477 e. The molecule has 1 amide bonds. The first kappa shape index (κ1) is 20.3. The van der Waals surface area contributed by atoms with E-state index >= 15 is 0 Å². The Balaban J connectivity index is 2.19. The molecular weight excluding hydrogens is 367 g/mol. The van der Waals surface area contributed by atoms with E-state index in [4.69, 9.17) is 9.84 Å². The number of carboxylic acid groups (broad SMARTS) is 1. The summed E-state index contributed by atoms with van der Waals surface area (Å²) in [7, 11) is 0. The van der Waals surface area contributed by atoms with Crippen LogP contribution in [0.15, 0.2) is 30.3 Å². The molecule has 0 atom stereocenters. The number of halogens is 3. The number of carbonyl (C=O) groups excluding carboxylic acids is 1. The number of ether oxygens (including phenoxy) is 1. The first-order valence-corrected chi connectivity index (χ1v) is 8.13. The SMILES string of the molecule is CCCCOC(=O)NCc1cccc(-n2nc(C(F)(F)F)cc2C(=O)O)c1. The van der Waals surface area contributed by atoms with Crippen LogP contribution in [0, 0.1) is 0 Å². The number of hydrogen-bond donors (Lipinski definition) is 2. The molecule has 1 aromatic carbocycles. The lowest BCUT2D eigenvalue weighted by Gasteiger charge is -2.09. The van der Waals surface area contributed by atoms with Crippen molar-refractivity contribution in [1.82, 2.24) is 15.1 Å². The van der Waals surface area contributed by atoms with Gasteiger partial charge in [0.05, 0.1) is 12.3 Å². The van der Waals surface area contributed by atoms with E-state index in [9.17, 15) is 22.8 Å². The summed E-state index contributed by atoms with van der Waals surface area (Å²) < 4.78 is 44.2. The van der Waals surface area contributed by atoms with Crippen LogP contribution in [0.4, 0.5) is 18.0 Å². The van der Waals surface area contributed by atoms with E-state index < -0.39 is 29.6 Å². The Hall–Kier alpha value is -3.04. The molecule has 0 aliphatic heterocycles. The van der Waals surface area contributed by atoms with Gasteiger partial charge in [0.15, 0.2) is 11.4 Å². The fraction of sp³-hybridized carbons (Fsp3) is 0.353. The molecule has 7 nitrogen and oxygen atoms in total. The molecule has 2 aromatic rings. The number of aromatic nitrogens is 2. The number of alkyl halides is 3. The number of nitrogens with one attached hydrogen (secondary N) is 1. The zero-order chi connectivity index (χ0) is 20.0. The third kappa shape index (κ3) is 5.47. The number of nitrogens with zero attached hydrogens (tertiary/aromatic N) is 2. The lowest BCUT2D eigenvalue weighted by atomic mass is 10.2. The smallest absolute Gasteiger partial charge is 0.435 e. The van der Waals surface area contributed by atoms with Crippen molar-refractivity contribution >= 4 is 12.1 Å². The molecule has 27 heavy (non-hydrogen) atoms. The summed E-state index contributed by atoms with van der Waals surface area (Å²) in [6.07, 6.45) is -3.76. The molecule has 2 rings (SSSR count). The molecule has 0 saturated carbocycles. The number of rotatable bonds is 7. The topological polar surface area (TPSA) is 93.5 Å². The predicted molar refractivity (Wildman–Crippen MR) is 88.6 cm³/mol. The summed E-state index contributed by atoms with van der Waals surface area (Å²) >= 11 is 0. The maximum Gasteiger partial charge on any atom is 0.435 e. The van der Waals surface area contributed by atoms with E-state index in [1.54, 1.807) is 6.07 Å². The van der Waals surface area contributed by atoms with E-state index in [0.29, 0.717) is 16.3 Å². The summed E-state index contributed by atoms with van der Waals surface area (Å²) in [5, 5.41) is 15.0. The normalized spacial score (nSPS) is 11.3. The van der Waals surface area contributed by atoms with Crippen molar-refractivity contribution in [2.75, 3.05) is 6.61 Å². The standard InChI is InChI=1S/C17H18F3N3O4/c1-2-3-7-27-16(26)21-10-11-5-4-6-12(8-11)23-13(15(24)25)9-14(22-23)17(18,19)20/h4-6,8-9H,2-3,7,10H2,1H3,(H,21,26)(H,24,25). The number of carbonyl (C=O) groups is 2. The summed E-state index contributed by atoms with van der Waals surface area (Å²) in [6.45, 7) is 2.31. The van der Waals surface area contributed by atoms with Gasteiger partial charge in [-0.05, 0) is 24.1 Å². The van der Waals surface area contributed by atoms with Gasteiger partial charge < -0.3 is 15.2 Å². The molecule has 0 saturated heterocycles. The minimum atomic E-state index is -4.77. The molecule has 146 valence electrons. The molecule has 1 aromatic heterocycles. The third-order valence-electron chi connectivity index (χ3n) is 3.54. The van der Waals surface area contributed by atoms with Crippen molar-refractivity contribution in [3.05, 3.63) is 47.3 Å². The maximum atomic E-state index is 12.8. The van der Waals surface area contributed by atoms with Crippen LogP contribution < -0.4 is 5.32 Å². The molecule has 0 aliphatic rings. The number of aromatic carboxylic acids is 1. The largest absolute Gasteiger partial charge is 0.477 e. The van der Waals surface area contributed by atoms with Gasteiger partial charge in [0.1, 0.15) is 0 Å². The number of hydrogen-bond acceptors (Lipinski definition) is 4. The van der Waals surface area contributed by atoms with Gasteiger partial charge in [-0.15, -0.1) is 0 Å². The van der Waals surface area contributed by atoms with Crippen molar-refractivity contribution in [3.63, 3.8) is 0 Å². The van der Waals surface area contributed by atoms with Crippen LogP contribution in [-0.2, 0) is 17.5 Å². The second-order valence-electron chi connectivity index (χ2n) is 5.64. The number of unbranched alkanes of at least 4 members (excludes halogenated alkanes) is 1. The van der Waals surface area contributed by atoms with Crippen molar-refractivity contribution < 1.29 is 32.6 Å². The fourth-order valence-electron chi connectivity index (χ4n) is 2.20. The van der Waals surface area contributed by atoms with Gasteiger partial charge >= 0.3 is 18.2 Å². The Bertz CT molecular complexity index is 818. The lowest BCUT2D eigenvalue weighted by molar-refractivity contribution is -0.141. The number of benzene rings is 1. The van der Waals surface area contributed by atoms with Crippen LogP contribution in [0.2, 0.25) is 0 Å². The molecule has 0 bridgehead atoms. The van der Waals surface area contributed by atoms with E-state index in [1.165, 1.54) is 18.2 Å². The summed E-state index contributed by atoms with van der Waals surface area (Å²) in [5.41, 5.74) is -1.25. The first-order valence-electron chi connectivity index (χ1n) is 8.13. The average Bonchev–Trinajstić information content (AvgIpc) is 3.06. The monoisotopic (exact) mass is 385 g/mol. The summed E-state index contributed by atoms with van der Waals surface area (Å²) in [5.74, 6) is -1.54. The molecule has 0 aliphatic carbocycles. The van der Waals surface area contributed by atoms with E-state index in [0.717, 1.165) is 12.8 Å². The lowest BCUT2D eigenvalue weighted by Crippen LogP contribution is -2.24. The van der Waals surface area contributed by atoms with Crippen molar-refractivity contribution in [2.24, 2.45) is 0 Å². The van der Waals surface area contributed by atoms with Crippen LogP contribution in [-0.4, -0.2) is 33.6 Å². The van der Waals surface area contributed by atoms with Crippen LogP contribution in [0.3, 0.4) is 0 Å². The Labute approximate surface area is 152 Å². The molecular formula is C17H18F3N3O4. The molecule has 2 N–H and O–H groups in total. The Morgan fingerprint density at radius 1 is 1.30 bits per heavy atom. The van der Waals surface area contributed by atoms with Crippen molar-refractivity contribution in [3.8, 4) is 5.69 Å². The maximum absolute atomic E-state index is 12.8. The van der Waals surface area contributed by atoms with Gasteiger partial charge in [-0.2, -0.15) is 18.3 Å². The average molecular weight is 385 g/mol. The predicted octanol–water partition coefficient (Wildman–Crippen LogP) is 3.62. The van der Waals surface area contributed by atoms with Crippen molar-refractivity contribution in [1.29, 1.82) is 0 Å². The first-order chi connectivity index (χ1) is 12.7. The van der Waals surface area contributed by atoms with Crippen molar-refractivity contribution in [2.45, 2.75) is 32.5 Å². The number of amides is 1. The quantitative estimate of drug-likeness (QED) is 0.710. The van der Waals surface area contributed by atoms with Crippen LogP contribution in [0.1, 0.15) is 41.5 Å². The molecule has 0 unspecified atom stereocenters. The van der Waals surface area contributed by atoms with E-state index in [1.807, 2.05) is 6.92 Å². The van der Waals surface area contributed by atoms with Gasteiger partial charge in [-0.1, -0.05) is 25.5 Å². The summed E-state index contributed by atoms with van der Waals surface area (Å²) in [6, 6.07) is 6.48. The minimum absolute atomic E-state index is 0.0641. The summed E-state index contributed by atoms with van der Waals surface area (Å²) in [4.78, 5) is 22.8. The molecule has 10 heteroatoms. The van der Waals surface area contributed by atoms with Crippen LogP contribution in [0.25, 0.3) is 5.69 Å². The molecule has 0 spiro atoms. The Morgan fingerprint density at radius 2 is 2.04 bits per heavy atom. The number of carboxylic acids is 1. The van der Waals surface area contributed by atoms with Gasteiger partial charge in [0, 0.05) is 12.6 Å². The Morgan fingerprint density at radius 3 is 2.67 bits per heavy atom. The Kier molecular flexibility index (Phi) is 6.43. The highest BCUT2D eigenvalue weighted by Gasteiger charge is 2.36. The van der Waals surface area contributed by atoms with E-state index in [2.05, 4.69) is 10.4 Å². The second-order valence-corrected chi connectivity index (χ2v) is 5.64. The zero-order valence-corrected chi connectivity index (χ0v) is 14.4. The number of alkyl carbamates (subject to hydrolysis) is 1. The van der Waals surface area contributed by atoms with Gasteiger partial charge in [0.2, 0.25) is 0 Å². The van der Waals surface area contributed by atoms with Crippen LogP contribution >= 0.6 is 0 Å². The fourth-order valence-corrected chi connectivity index (χ4v) is 2.20. The van der Waals surface area contributed by atoms with E-state index in [-0.39, 0.29) is 18.8 Å². The highest BCUT2D eigenvalue weighted by Crippen LogP contribution is 2.29. The second kappa shape index (κ2) is 8.56. The highest BCUT2D eigenvalue weighted by molar-refractivity contribution is 5.86. The highest BCUT2D eigenvalue weighted by atomic mass is 19.4. The third-order valence-corrected chi connectivity index (χ3v) is 3.54. The zero-order valence-electron chi connectivity index (χ0n) is 14.4. The van der Waals surface area contributed by atoms with Gasteiger partial charge in [0.25, 0.3) is 0 Å².